The molecule has 6 heteroatoms. The molecule has 5 nitrogen and oxygen atoms in total. The van der Waals surface area contributed by atoms with Crippen molar-refractivity contribution in [1.82, 2.24) is 0 Å². The van der Waals surface area contributed by atoms with Crippen molar-refractivity contribution in [1.29, 1.82) is 0 Å². The van der Waals surface area contributed by atoms with Crippen LogP contribution in [0.25, 0.3) is 0 Å². The molecule has 0 heterocycles. The Balaban J connectivity index is 1.60. The normalized spacial score (nSPS) is 34.0. The highest BCUT2D eigenvalue weighted by molar-refractivity contribution is 7.80. The number of hydrogen-bond donors (Lipinski definition) is 2. The molecule has 0 saturated heterocycles. The highest BCUT2D eigenvalue weighted by Crippen LogP contribution is 2.59. The number of aliphatic hydroxyl groups is 1. The number of aliphatic hydroxyl groups excluding tert-OH is 1. The number of fused-ring (bicyclic) bond motifs is 5. The third-order valence-electron chi connectivity index (χ3n) is 6.58. The second kappa shape index (κ2) is 5.91. The Labute approximate surface area is 148 Å². The van der Waals surface area contributed by atoms with Crippen molar-refractivity contribution in [2.24, 2.45) is 11.3 Å². The van der Waals surface area contributed by atoms with E-state index in [1.807, 2.05) is 12.1 Å². The minimum atomic E-state index is -4.42. The molecule has 0 bridgehead atoms. The van der Waals surface area contributed by atoms with E-state index in [0.717, 1.165) is 37.7 Å². The monoisotopic (exact) mass is 364 g/mol. The van der Waals surface area contributed by atoms with Crippen molar-refractivity contribution in [3.05, 3.63) is 46.5 Å². The molecule has 0 aromatic heterocycles. The van der Waals surface area contributed by atoms with Crippen LogP contribution in [-0.4, -0.2) is 24.2 Å². The fourth-order valence-corrected chi connectivity index (χ4v) is 5.51. The molecule has 0 spiro atoms. The van der Waals surface area contributed by atoms with Gasteiger partial charge in [0.2, 0.25) is 0 Å². The van der Waals surface area contributed by atoms with Crippen LogP contribution >= 0.6 is 0 Å². The molecule has 4 rings (SSSR count). The molecule has 3 aliphatic rings. The summed E-state index contributed by atoms with van der Waals surface area (Å²) in [6, 6.07) is 5.93. The van der Waals surface area contributed by atoms with Gasteiger partial charge in [0.05, 0.1) is 12.7 Å². The Morgan fingerprint density at radius 1 is 1.28 bits per heavy atom. The first kappa shape index (κ1) is 17.2. The largest absolute Gasteiger partial charge is 0.397 e. The topological polar surface area (TPSA) is 83.8 Å². The highest BCUT2D eigenvalue weighted by atomic mass is 32.3. The molecule has 2 saturated carbocycles. The van der Waals surface area contributed by atoms with E-state index < -0.39 is 10.4 Å². The maximum Gasteiger partial charge on any atom is 0.397 e. The van der Waals surface area contributed by atoms with Gasteiger partial charge >= 0.3 is 10.4 Å². The van der Waals surface area contributed by atoms with Crippen molar-refractivity contribution < 1.29 is 22.3 Å². The van der Waals surface area contributed by atoms with Crippen LogP contribution in [0.4, 0.5) is 0 Å². The van der Waals surface area contributed by atoms with Crippen LogP contribution in [0.15, 0.2) is 29.8 Å². The van der Waals surface area contributed by atoms with Crippen LogP contribution in [0.1, 0.15) is 55.2 Å². The maximum atomic E-state index is 10.7. The Morgan fingerprint density at radius 3 is 2.84 bits per heavy atom. The lowest BCUT2D eigenvalue weighted by Gasteiger charge is -2.46. The highest BCUT2D eigenvalue weighted by Gasteiger charge is 2.51. The average Bonchev–Trinajstić information content (AvgIpc) is 2.87. The van der Waals surface area contributed by atoms with Gasteiger partial charge in [-0.2, -0.15) is 8.42 Å². The predicted molar refractivity (Wildman–Crippen MR) is 93.4 cm³/mol. The summed E-state index contributed by atoms with van der Waals surface area (Å²) in [4.78, 5) is 0. The number of benzene rings is 1. The van der Waals surface area contributed by atoms with E-state index >= 15 is 0 Å². The Bertz CT molecular complexity index is 828. The van der Waals surface area contributed by atoms with E-state index in [0.29, 0.717) is 11.8 Å². The first-order chi connectivity index (χ1) is 11.8. The Kier molecular flexibility index (Phi) is 4.07. The summed E-state index contributed by atoms with van der Waals surface area (Å²) in [5.41, 5.74) is 4.76. The molecule has 4 atom stereocenters. The molecular weight excluding hydrogens is 340 g/mol. The lowest BCUT2D eigenvalue weighted by molar-refractivity contribution is 0.0267. The van der Waals surface area contributed by atoms with E-state index in [-0.39, 0.29) is 18.1 Å². The summed E-state index contributed by atoms with van der Waals surface area (Å²) in [6.07, 6.45) is 6.99. The molecule has 1 aromatic rings. The first-order valence-corrected chi connectivity index (χ1v) is 10.3. The fraction of sp³-hybridized carbons (Fsp3) is 0.579. The fourth-order valence-electron chi connectivity index (χ4n) is 5.22. The maximum absolute atomic E-state index is 10.7. The van der Waals surface area contributed by atoms with Gasteiger partial charge in [0, 0.05) is 11.3 Å². The van der Waals surface area contributed by atoms with Gasteiger partial charge in [0.1, 0.15) is 0 Å². The third-order valence-corrected chi connectivity index (χ3v) is 6.99. The van der Waals surface area contributed by atoms with Gasteiger partial charge in [-0.15, -0.1) is 0 Å². The van der Waals surface area contributed by atoms with E-state index in [9.17, 15) is 13.5 Å². The summed E-state index contributed by atoms with van der Waals surface area (Å²) in [7, 11) is -4.42. The Morgan fingerprint density at radius 2 is 2.08 bits per heavy atom. The second-order valence-corrected chi connectivity index (χ2v) is 8.97. The van der Waals surface area contributed by atoms with Crippen LogP contribution in [0.2, 0.25) is 0 Å². The summed E-state index contributed by atoms with van der Waals surface area (Å²) >= 11 is 0. The summed E-state index contributed by atoms with van der Waals surface area (Å²) in [6.45, 7) is 2.08. The minimum Gasteiger partial charge on any atom is -0.393 e. The van der Waals surface area contributed by atoms with Gasteiger partial charge in [-0.1, -0.05) is 36.8 Å². The van der Waals surface area contributed by atoms with Crippen molar-refractivity contribution in [3.63, 3.8) is 0 Å². The number of rotatable bonds is 3. The molecule has 3 aliphatic carbocycles. The van der Waals surface area contributed by atoms with E-state index in [1.54, 1.807) is 0 Å². The van der Waals surface area contributed by atoms with Gasteiger partial charge in [-0.3, -0.25) is 4.55 Å². The molecule has 0 radical (unpaired) electrons. The molecule has 25 heavy (non-hydrogen) atoms. The molecule has 2 fully saturated rings. The summed E-state index contributed by atoms with van der Waals surface area (Å²) in [5, 5.41) is 10.4. The summed E-state index contributed by atoms with van der Waals surface area (Å²) in [5.74, 6) is 0.876. The van der Waals surface area contributed by atoms with Gasteiger partial charge in [-0.25, -0.2) is 4.18 Å². The van der Waals surface area contributed by atoms with Crippen molar-refractivity contribution in [3.8, 4) is 0 Å². The zero-order valence-electron chi connectivity index (χ0n) is 14.3. The molecule has 1 aromatic carbocycles. The molecule has 136 valence electrons. The predicted octanol–water partition coefficient (Wildman–Crippen LogP) is 3.14. The number of allylic oxidation sites excluding steroid dienone is 2. The lowest BCUT2D eigenvalue weighted by Crippen LogP contribution is -2.39. The van der Waals surface area contributed by atoms with Crippen LogP contribution in [-0.2, 0) is 27.6 Å². The molecule has 0 amide bonds. The molecule has 0 aliphatic heterocycles. The zero-order valence-corrected chi connectivity index (χ0v) is 15.1. The van der Waals surface area contributed by atoms with E-state index in [1.165, 1.54) is 16.7 Å². The van der Waals surface area contributed by atoms with Gasteiger partial charge in [-0.05, 0) is 54.7 Å². The second-order valence-electron chi connectivity index (χ2n) is 7.87. The van der Waals surface area contributed by atoms with Crippen LogP contribution in [0.3, 0.4) is 0 Å². The van der Waals surface area contributed by atoms with Crippen LogP contribution in [0.5, 0.6) is 0 Å². The van der Waals surface area contributed by atoms with E-state index in [4.69, 9.17) is 4.55 Å². The van der Waals surface area contributed by atoms with Gasteiger partial charge in [0.15, 0.2) is 0 Å². The molecular formula is C19H24O5S. The van der Waals surface area contributed by atoms with Gasteiger partial charge in [0.25, 0.3) is 0 Å². The summed E-state index contributed by atoms with van der Waals surface area (Å²) < 4.78 is 34.7. The van der Waals surface area contributed by atoms with Crippen molar-refractivity contribution in [2.75, 3.05) is 0 Å². The average molecular weight is 364 g/mol. The van der Waals surface area contributed by atoms with E-state index in [2.05, 4.69) is 23.2 Å². The quantitative estimate of drug-likeness (QED) is 0.636. The third kappa shape index (κ3) is 2.95. The Hall–Kier alpha value is -1.21. The first-order valence-electron chi connectivity index (χ1n) is 8.89. The van der Waals surface area contributed by atoms with Crippen LogP contribution in [0, 0.1) is 11.3 Å². The number of hydrogen-bond acceptors (Lipinski definition) is 4. The molecule has 2 N–H and O–H groups in total. The minimum absolute atomic E-state index is 0.0170. The van der Waals surface area contributed by atoms with Gasteiger partial charge < -0.3 is 5.11 Å². The van der Waals surface area contributed by atoms with Crippen molar-refractivity contribution >= 4 is 10.4 Å². The van der Waals surface area contributed by atoms with Crippen LogP contribution < -0.4 is 0 Å². The molecule has 0 unspecified atom stereocenters. The smallest absolute Gasteiger partial charge is 0.393 e. The SMILES string of the molecule is C[C@]12CC[C@H]3C(=CCc4cc(COS(=O)(=O)O)ccc43)[C@@H]1CC[C@@H]2O. The lowest BCUT2D eigenvalue weighted by atomic mass is 9.59. The zero-order chi connectivity index (χ0) is 17.8. The standard InChI is InChI=1S/C19H24O5S/c1-19-9-8-15-14-4-2-12(11-24-25(21,22)23)10-13(14)3-5-16(15)17(19)6-7-18(19)20/h2,4-5,10,15,17-18,20H,3,6-9,11H2,1H3,(H,21,22,23)/t15-,17+,18+,19+/m1/s1. The van der Waals surface area contributed by atoms with Crippen molar-refractivity contribution in [2.45, 2.75) is 57.7 Å².